The fourth-order valence-electron chi connectivity index (χ4n) is 8.44. The van der Waals surface area contributed by atoms with Crippen LogP contribution >= 0.6 is 0 Å². The van der Waals surface area contributed by atoms with Crippen molar-refractivity contribution in [1.29, 1.82) is 5.26 Å². The van der Waals surface area contributed by atoms with Gasteiger partial charge in [-0.3, -0.25) is 4.98 Å². The molecule has 10 rings (SSSR count). The molecule has 0 aliphatic carbocycles. The summed E-state index contributed by atoms with van der Waals surface area (Å²) in [5.74, 6) is 0. The first-order valence-electron chi connectivity index (χ1n) is 18.3. The molecule has 0 radical (unpaired) electrons. The van der Waals surface area contributed by atoms with Crippen LogP contribution in [0.3, 0.4) is 0 Å². The lowest BCUT2D eigenvalue weighted by atomic mass is 9.95. The van der Waals surface area contributed by atoms with Gasteiger partial charge in [-0.2, -0.15) is 5.26 Å². The van der Waals surface area contributed by atoms with E-state index in [2.05, 4.69) is 181 Å². The van der Waals surface area contributed by atoms with E-state index < -0.39 is 0 Å². The van der Waals surface area contributed by atoms with Crippen LogP contribution in [0.5, 0.6) is 0 Å². The molecule has 254 valence electrons. The number of para-hydroxylation sites is 3. The summed E-state index contributed by atoms with van der Waals surface area (Å²) in [5.41, 5.74) is 16.6. The van der Waals surface area contributed by atoms with Crippen LogP contribution in [0.4, 0.5) is 0 Å². The molecule has 3 heterocycles. The SMILES string of the molecule is Cc1c(-c2ccnc(-c3cccc(-c4cccc(-n5c6ccccc6c6cc(C#N)ccc65)c4C)c3)c2)cccc1-n1c2ccccc2c2ccccc21. The van der Waals surface area contributed by atoms with Gasteiger partial charge < -0.3 is 9.13 Å². The number of hydrogen-bond acceptors (Lipinski definition) is 2. The molecule has 0 fully saturated rings. The molecule has 7 aromatic carbocycles. The van der Waals surface area contributed by atoms with E-state index in [1.165, 1.54) is 49.7 Å². The number of pyridine rings is 1. The van der Waals surface area contributed by atoms with Crippen molar-refractivity contribution in [3.05, 3.63) is 187 Å². The topological polar surface area (TPSA) is 46.5 Å². The third kappa shape index (κ3) is 4.87. The summed E-state index contributed by atoms with van der Waals surface area (Å²) in [6, 6.07) is 60.2. The third-order valence-corrected chi connectivity index (χ3v) is 11.0. The van der Waals surface area contributed by atoms with Crippen LogP contribution in [-0.4, -0.2) is 14.1 Å². The quantitative estimate of drug-likeness (QED) is 0.180. The normalized spacial score (nSPS) is 11.5. The molecule has 0 amide bonds. The van der Waals surface area contributed by atoms with Gasteiger partial charge in [0.1, 0.15) is 0 Å². The molecule has 0 spiro atoms. The summed E-state index contributed by atoms with van der Waals surface area (Å²) in [6.07, 6.45) is 1.93. The van der Waals surface area contributed by atoms with Gasteiger partial charge >= 0.3 is 0 Å². The molecule has 0 aliphatic rings. The predicted molar refractivity (Wildman–Crippen MR) is 223 cm³/mol. The van der Waals surface area contributed by atoms with Gasteiger partial charge in [0.2, 0.25) is 0 Å². The highest BCUT2D eigenvalue weighted by Crippen LogP contribution is 2.39. The van der Waals surface area contributed by atoms with E-state index in [9.17, 15) is 5.26 Å². The molecule has 0 unspecified atom stereocenters. The largest absolute Gasteiger partial charge is 0.309 e. The minimum absolute atomic E-state index is 0.663. The Bertz CT molecular complexity index is 3100. The van der Waals surface area contributed by atoms with Crippen molar-refractivity contribution in [2.75, 3.05) is 0 Å². The van der Waals surface area contributed by atoms with Crippen LogP contribution in [0.1, 0.15) is 16.7 Å². The maximum Gasteiger partial charge on any atom is 0.0991 e. The lowest BCUT2D eigenvalue weighted by Crippen LogP contribution is -1.99. The van der Waals surface area contributed by atoms with E-state index in [0.717, 1.165) is 49.9 Å². The Hall–Kier alpha value is -7.22. The lowest BCUT2D eigenvalue weighted by Gasteiger charge is -2.16. The first-order chi connectivity index (χ1) is 26.6. The summed E-state index contributed by atoms with van der Waals surface area (Å²) in [7, 11) is 0. The zero-order chi connectivity index (χ0) is 36.3. The molecule has 54 heavy (non-hydrogen) atoms. The number of rotatable bonds is 5. The van der Waals surface area contributed by atoms with Crippen molar-refractivity contribution in [2.24, 2.45) is 0 Å². The standard InChI is InChI=1S/C50H34N4/c1-32-38(17-10-23-46(32)54-49-21-8-5-16-42(49)43-28-34(31-51)24-25-50(43)54)35-12-9-13-37(29-35)44-30-36(26-27-52-44)39-18-11-22-45(33(39)2)53-47-19-6-3-14-40(47)41-15-4-7-20-48(41)53/h3-30H,1-2H3. The van der Waals surface area contributed by atoms with Gasteiger partial charge in [0, 0.05) is 44.7 Å². The molecule has 3 aromatic heterocycles. The second-order valence-electron chi connectivity index (χ2n) is 14.0. The van der Waals surface area contributed by atoms with Crippen LogP contribution in [0.15, 0.2) is 170 Å². The third-order valence-electron chi connectivity index (χ3n) is 11.0. The van der Waals surface area contributed by atoms with Crippen molar-refractivity contribution >= 4 is 43.6 Å². The van der Waals surface area contributed by atoms with Crippen molar-refractivity contribution in [1.82, 2.24) is 14.1 Å². The van der Waals surface area contributed by atoms with Crippen molar-refractivity contribution in [2.45, 2.75) is 13.8 Å². The van der Waals surface area contributed by atoms with Crippen LogP contribution in [0.2, 0.25) is 0 Å². The van der Waals surface area contributed by atoms with E-state index in [0.29, 0.717) is 5.56 Å². The number of nitrogens with zero attached hydrogens (tertiary/aromatic N) is 4. The molecular weight excluding hydrogens is 657 g/mol. The molecule has 0 bridgehead atoms. The van der Waals surface area contributed by atoms with E-state index >= 15 is 0 Å². The molecule has 0 atom stereocenters. The summed E-state index contributed by atoms with van der Waals surface area (Å²) >= 11 is 0. The minimum atomic E-state index is 0.663. The Morgan fingerprint density at radius 3 is 1.54 bits per heavy atom. The van der Waals surface area contributed by atoms with Crippen LogP contribution in [0.25, 0.3) is 88.5 Å². The minimum Gasteiger partial charge on any atom is -0.309 e. The first-order valence-corrected chi connectivity index (χ1v) is 18.3. The maximum absolute atomic E-state index is 9.64. The molecule has 0 N–H and O–H groups in total. The van der Waals surface area contributed by atoms with E-state index in [-0.39, 0.29) is 0 Å². The molecule has 4 nitrogen and oxygen atoms in total. The predicted octanol–water partition coefficient (Wildman–Crippen LogP) is 12.8. The van der Waals surface area contributed by atoms with Gasteiger partial charge in [0.15, 0.2) is 0 Å². The van der Waals surface area contributed by atoms with Crippen molar-refractivity contribution in [3.8, 4) is 51.0 Å². The van der Waals surface area contributed by atoms with E-state index in [4.69, 9.17) is 4.98 Å². The van der Waals surface area contributed by atoms with Gasteiger partial charge in [0.05, 0.1) is 39.4 Å². The number of aromatic nitrogens is 3. The fourth-order valence-corrected chi connectivity index (χ4v) is 8.44. The number of hydrogen-bond donors (Lipinski definition) is 0. The highest BCUT2D eigenvalue weighted by atomic mass is 15.0. The Balaban J connectivity index is 1.06. The highest BCUT2D eigenvalue weighted by molar-refractivity contribution is 6.10. The second kappa shape index (κ2) is 12.5. The molecule has 0 saturated heterocycles. The van der Waals surface area contributed by atoms with Crippen LogP contribution in [-0.2, 0) is 0 Å². The first kappa shape index (κ1) is 31.5. The summed E-state index contributed by atoms with van der Waals surface area (Å²) in [4.78, 5) is 4.88. The second-order valence-corrected chi connectivity index (χ2v) is 14.0. The van der Waals surface area contributed by atoms with Gasteiger partial charge in [-0.25, -0.2) is 0 Å². The Morgan fingerprint density at radius 1 is 0.444 bits per heavy atom. The monoisotopic (exact) mass is 690 g/mol. The number of fused-ring (bicyclic) bond motifs is 6. The molecule has 0 aliphatic heterocycles. The van der Waals surface area contributed by atoms with Crippen molar-refractivity contribution in [3.63, 3.8) is 0 Å². The van der Waals surface area contributed by atoms with Gasteiger partial charge in [-0.1, -0.05) is 97.1 Å². The Morgan fingerprint density at radius 2 is 0.944 bits per heavy atom. The lowest BCUT2D eigenvalue weighted by molar-refractivity contribution is 1.15. The van der Waals surface area contributed by atoms with Gasteiger partial charge in [0.25, 0.3) is 0 Å². The van der Waals surface area contributed by atoms with E-state index in [1.54, 1.807) is 0 Å². The fraction of sp³-hybridized carbons (Fsp3) is 0.0400. The summed E-state index contributed by atoms with van der Waals surface area (Å²) in [5, 5.41) is 14.4. The zero-order valence-corrected chi connectivity index (χ0v) is 30.0. The van der Waals surface area contributed by atoms with Gasteiger partial charge in [-0.05, 0) is 114 Å². The van der Waals surface area contributed by atoms with Crippen LogP contribution < -0.4 is 0 Å². The average molecular weight is 691 g/mol. The average Bonchev–Trinajstić information content (AvgIpc) is 3.73. The molecular formula is C50H34N4. The summed E-state index contributed by atoms with van der Waals surface area (Å²) in [6.45, 7) is 4.43. The molecule has 4 heteroatoms. The molecule has 10 aromatic rings. The smallest absolute Gasteiger partial charge is 0.0991 e. The molecule has 0 saturated carbocycles. The Labute approximate surface area is 313 Å². The highest BCUT2D eigenvalue weighted by Gasteiger charge is 2.18. The zero-order valence-electron chi connectivity index (χ0n) is 30.0. The number of nitriles is 1. The summed E-state index contributed by atoms with van der Waals surface area (Å²) < 4.78 is 4.73. The van der Waals surface area contributed by atoms with E-state index in [1.807, 2.05) is 18.3 Å². The van der Waals surface area contributed by atoms with Crippen molar-refractivity contribution < 1.29 is 0 Å². The maximum atomic E-state index is 9.64. The van der Waals surface area contributed by atoms with Crippen LogP contribution in [0, 0.1) is 25.2 Å². The Kier molecular flexibility index (Phi) is 7.28. The van der Waals surface area contributed by atoms with Gasteiger partial charge in [-0.15, -0.1) is 0 Å². The number of benzene rings is 7.